The first-order valence-electron chi connectivity index (χ1n) is 8.90. The standard InChI is InChI=1S/C19H19F5N2O4S/c20-16-6-5-15(9-17(16)21)31(28,29)26-8-7-18(27)25-10-13-1-3-14(4-2-13)11-30-12-19(22,23)24/h1-6,9,26H,7-8,10-12H2,(H,25,27). The minimum absolute atomic E-state index is 0.123. The van der Waals surface area contributed by atoms with Gasteiger partial charge in [0.05, 0.1) is 11.5 Å². The Morgan fingerprint density at radius 2 is 1.61 bits per heavy atom. The van der Waals surface area contributed by atoms with Gasteiger partial charge >= 0.3 is 6.18 Å². The Morgan fingerprint density at radius 1 is 0.968 bits per heavy atom. The van der Waals surface area contributed by atoms with Crippen LogP contribution in [0.15, 0.2) is 47.4 Å². The van der Waals surface area contributed by atoms with Crippen LogP contribution in [0.3, 0.4) is 0 Å². The molecule has 0 radical (unpaired) electrons. The van der Waals surface area contributed by atoms with Crippen molar-refractivity contribution in [2.24, 2.45) is 0 Å². The van der Waals surface area contributed by atoms with E-state index in [4.69, 9.17) is 0 Å². The van der Waals surface area contributed by atoms with E-state index in [2.05, 4.69) is 14.8 Å². The summed E-state index contributed by atoms with van der Waals surface area (Å²) >= 11 is 0. The molecule has 12 heteroatoms. The number of hydrogen-bond acceptors (Lipinski definition) is 4. The summed E-state index contributed by atoms with van der Waals surface area (Å²) in [6.07, 6.45) is -4.60. The number of alkyl halides is 3. The number of carbonyl (C=O) groups excluding carboxylic acids is 1. The van der Waals surface area contributed by atoms with E-state index in [0.717, 1.165) is 6.07 Å². The Bertz CT molecular complexity index is 995. The first-order chi connectivity index (χ1) is 14.5. The summed E-state index contributed by atoms with van der Waals surface area (Å²) in [5.74, 6) is -2.95. The first kappa shape index (κ1) is 24.7. The molecule has 0 unspecified atom stereocenters. The second-order valence-corrected chi connectivity index (χ2v) is 8.19. The van der Waals surface area contributed by atoms with Gasteiger partial charge in [-0.2, -0.15) is 13.2 Å². The molecule has 2 N–H and O–H groups in total. The summed E-state index contributed by atoms with van der Waals surface area (Å²) in [4.78, 5) is 11.4. The molecule has 0 aliphatic rings. The van der Waals surface area contributed by atoms with Gasteiger partial charge in [0, 0.05) is 19.5 Å². The molecule has 0 saturated carbocycles. The average molecular weight is 466 g/mol. The van der Waals surface area contributed by atoms with E-state index < -0.39 is 45.2 Å². The maximum Gasteiger partial charge on any atom is 0.411 e. The van der Waals surface area contributed by atoms with Crippen molar-refractivity contribution in [2.45, 2.75) is 30.6 Å². The van der Waals surface area contributed by atoms with Crippen LogP contribution in [-0.2, 0) is 32.7 Å². The van der Waals surface area contributed by atoms with Crippen LogP contribution in [0, 0.1) is 11.6 Å². The molecule has 0 saturated heterocycles. The monoisotopic (exact) mass is 466 g/mol. The molecule has 0 atom stereocenters. The van der Waals surface area contributed by atoms with Crippen LogP contribution >= 0.6 is 0 Å². The van der Waals surface area contributed by atoms with Gasteiger partial charge in [0.15, 0.2) is 11.6 Å². The normalized spacial score (nSPS) is 12.0. The van der Waals surface area contributed by atoms with Crippen LogP contribution in [0.4, 0.5) is 22.0 Å². The zero-order valence-corrected chi connectivity index (χ0v) is 16.8. The Kier molecular flexibility index (Phi) is 8.48. The fraction of sp³-hybridized carbons (Fsp3) is 0.316. The number of carbonyl (C=O) groups is 1. The van der Waals surface area contributed by atoms with Crippen LogP contribution in [0.5, 0.6) is 0 Å². The molecule has 6 nitrogen and oxygen atoms in total. The highest BCUT2D eigenvalue weighted by Crippen LogP contribution is 2.16. The van der Waals surface area contributed by atoms with Gasteiger partial charge in [0.2, 0.25) is 15.9 Å². The minimum Gasteiger partial charge on any atom is -0.367 e. The van der Waals surface area contributed by atoms with E-state index in [-0.39, 0.29) is 26.1 Å². The number of benzene rings is 2. The Hall–Kier alpha value is -2.57. The number of rotatable bonds is 10. The van der Waals surface area contributed by atoms with Crippen LogP contribution < -0.4 is 10.0 Å². The van der Waals surface area contributed by atoms with Gasteiger partial charge in [0.1, 0.15) is 6.61 Å². The number of ether oxygens (including phenoxy) is 1. The zero-order valence-electron chi connectivity index (χ0n) is 16.0. The third kappa shape index (κ3) is 8.59. The molecule has 1 amide bonds. The van der Waals surface area contributed by atoms with Crippen molar-refractivity contribution >= 4 is 15.9 Å². The third-order valence-electron chi connectivity index (χ3n) is 3.89. The van der Waals surface area contributed by atoms with E-state index in [1.165, 1.54) is 0 Å². The molecule has 0 spiro atoms. The molecule has 0 aromatic heterocycles. The molecule has 0 aliphatic heterocycles. The lowest BCUT2D eigenvalue weighted by Crippen LogP contribution is -2.30. The minimum atomic E-state index is -4.40. The number of sulfonamides is 1. The molecule has 31 heavy (non-hydrogen) atoms. The Labute approximate surface area is 175 Å². The van der Waals surface area contributed by atoms with E-state index >= 15 is 0 Å². The van der Waals surface area contributed by atoms with Crippen LogP contribution in [0.25, 0.3) is 0 Å². The van der Waals surface area contributed by atoms with Crippen molar-refractivity contribution in [3.63, 3.8) is 0 Å². The Balaban J connectivity index is 1.73. The lowest BCUT2D eigenvalue weighted by atomic mass is 10.1. The molecule has 0 fully saturated rings. The number of hydrogen-bond donors (Lipinski definition) is 2. The highest BCUT2D eigenvalue weighted by Gasteiger charge is 2.27. The molecule has 0 aliphatic carbocycles. The quantitative estimate of drug-likeness (QED) is 0.528. The van der Waals surface area contributed by atoms with Crippen molar-refractivity contribution in [3.8, 4) is 0 Å². The van der Waals surface area contributed by atoms with Crippen LogP contribution in [-0.4, -0.2) is 33.7 Å². The van der Waals surface area contributed by atoms with Crippen molar-refractivity contribution in [1.29, 1.82) is 0 Å². The number of nitrogens with one attached hydrogen (secondary N) is 2. The molecular weight excluding hydrogens is 447 g/mol. The van der Waals surface area contributed by atoms with E-state index in [1.807, 2.05) is 0 Å². The number of amides is 1. The highest BCUT2D eigenvalue weighted by atomic mass is 32.2. The molecule has 2 aromatic rings. The smallest absolute Gasteiger partial charge is 0.367 e. The van der Waals surface area contributed by atoms with Gasteiger partial charge in [-0.1, -0.05) is 24.3 Å². The summed E-state index contributed by atoms with van der Waals surface area (Å²) in [5, 5.41) is 2.56. The SMILES string of the molecule is O=C(CCNS(=O)(=O)c1ccc(F)c(F)c1)NCc1ccc(COCC(F)(F)F)cc1. The zero-order chi connectivity index (χ0) is 23.1. The van der Waals surface area contributed by atoms with Crippen molar-refractivity contribution in [2.75, 3.05) is 13.2 Å². The van der Waals surface area contributed by atoms with Crippen molar-refractivity contribution < 1.29 is 39.9 Å². The summed E-state index contributed by atoms with van der Waals surface area (Å²) < 4.78 is 92.9. The lowest BCUT2D eigenvalue weighted by Gasteiger charge is -2.09. The molecule has 2 aromatic carbocycles. The van der Waals surface area contributed by atoms with Crippen LogP contribution in [0.2, 0.25) is 0 Å². The molecule has 2 rings (SSSR count). The van der Waals surface area contributed by atoms with Gasteiger partial charge < -0.3 is 10.1 Å². The summed E-state index contributed by atoms with van der Waals surface area (Å²) in [5.41, 5.74) is 1.21. The molecule has 170 valence electrons. The van der Waals surface area contributed by atoms with Gasteiger partial charge in [-0.25, -0.2) is 21.9 Å². The maximum absolute atomic E-state index is 13.2. The van der Waals surface area contributed by atoms with Crippen LogP contribution in [0.1, 0.15) is 17.5 Å². The van der Waals surface area contributed by atoms with E-state index in [9.17, 15) is 35.2 Å². The molecule has 0 bridgehead atoms. The van der Waals surface area contributed by atoms with Crippen molar-refractivity contribution in [3.05, 3.63) is 65.2 Å². The maximum atomic E-state index is 13.2. The second-order valence-electron chi connectivity index (χ2n) is 6.42. The predicted molar refractivity (Wildman–Crippen MR) is 100 cm³/mol. The topological polar surface area (TPSA) is 84.5 Å². The highest BCUT2D eigenvalue weighted by molar-refractivity contribution is 7.89. The predicted octanol–water partition coefficient (Wildman–Crippen LogP) is 3.03. The lowest BCUT2D eigenvalue weighted by molar-refractivity contribution is -0.176. The third-order valence-corrected chi connectivity index (χ3v) is 5.35. The van der Waals surface area contributed by atoms with Gasteiger partial charge in [-0.05, 0) is 29.3 Å². The Morgan fingerprint density at radius 3 is 2.23 bits per heavy atom. The van der Waals surface area contributed by atoms with Crippen molar-refractivity contribution in [1.82, 2.24) is 10.0 Å². The first-order valence-corrected chi connectivity index (χ1v) is 10.4. The average Bonchev–Trinajstić information content (AvgIpc) is 2.68. The molecular formula is C19H19F5N2O4S. The second kappa shape index (κ2) is 10.6. The largest absolute Gasteiger partial charge is 0.411 e. The summed E-state index contributed by atoms with van der Waals surface area (Å²) in [6.45, 7) is -1.68. The van der Waals surface area contributed by atoms with Gasteiger partial charge in [-0.15, -0.1) is 0 Å². The van der Waals surface area contributed by atoms with Gasteiger partial charge in [0.25, 0.3) is 0 Å². The fourth-order valence-corrected chi connectivity index (χ4v) is 3.40. The molecule has 0 heterocycles. The number of halogens is 5. The summed E-state index contributed by atoms with van der Waals surface area (Å²) in [7, 11) is -4.10. The van der Waals surface area contributed by atoms with E-state index in [1.54, 1.807) is 24.3 Å². The summed E-state index contributed by atoms with van der Waals surface area (Å²) in [6, 6.07) is 8.47. The fourth-order valence-electron chi connectivity index (χ4n) is 2.35. The van der Waals surface area contributed by atoms with Gasteiger partial charge in [-0.3, -0.25) is 4.79 Å². The van der Waals surface area contributed by atoms with E-state index in [0.29, 0.717) is 23.3 Å².